The highest BCUT2D eigenvalue weighted by atomic mass is 16.5. The zero-order valence-electron chi connectivity index (χ0n) is 39.5. The van der Waals surface area contributed by atoms with E-state index in [0.29, 0.717) is 32.3 Å². The summed E-state index contributed by atoms with van der Waals surface area (Å²) in [6.45, 7) is 4.89. The summed E-state index contributed by atoms with van der Waals surface area (Å²) in [4.78, 5) is 24.4. The lowest BCUT2D eigenvalue weighted by Gasteiger charge is -2.22. The van der Waals surface area contributed by atoms with Gasteiger partial charge in [0.05, 0.1) is 25.4 Å². The minimum Gasteiger partial charge on any atom is -0.466 e. The Morgan fingerprint density at radius 1 is 0.475 bits per heavy atom. The second kappa shape index (κ2) is 49.0. The second-order valence-corrected chi connectivity index (χ2v) is 17.9. The first-order chi connectivity index (χ1) is 29.0. The number of esters is 1. The summed E-state index contributed by atoms with van der Waals surface area (Å²) < 4.78 is 5.46. The summed E-state index contributed by atoms with van der Waals surface area (Å²) in [6.07, 6.45) is 57.4. The van der Waals surface area contributed by atoms with Gasteiger partial charge in [0.2, 0.25) is 5.91 Å². The first kappa shape index (κ1) is 57.3. The Morgan fingerprint density at radius 3 is 1.32 bits per heavy atom. The summed E-state index contributed by atoms with van der Waals surface area (Å²) in [5.41, 5.74) is 0. The molecule has 2 unspecified atom stereocenters. The van der Waals surface area contributed by atoms with E-state index in [2.05, 4.69) is 37.4 Å². The average Bonchev–Trinajstić information content (AvgIpc) is 3.24. The minimum absolute atomic E-state index is 0.0133. The molecule has 0 rings (SSSR count). The van der Waals surface area contributed by atoms with Crippen LogP contribution in [0.1, 0.15) is 277 Å². The number of amides is 1. The van der Waals surface area contributed by atoms with Crippen LogP contribution in [-0.4, -0.2) is 47.4 Å². The van der Waals surface area contributed by atoms with E-state index in [1.54, 1.807) is 0 Å². The number of allylic oxidation sites excluding steroid dienone is 4. The lowest BCUT2D eigenvalue weighted by molar-refractivity contribution is -0.143. The Morgan fingerprint density at radius 2 is 0.864 bits per heavy atom. The lowest BCUT2D eigenvalue weighted by atomic mass is 10.0. The van der Waals surface area contributed by atoms with Gasteiger partial charge in [-0.25, -0.2) is 0 Å². The molecule has 0 spiro atoms. The zero-order chi connectivity index (χ0) is 43.0. The zero-order valence-corrected chi connectivity index (χ0v) is 39.5. The number of hydrogen-bond donors (Lipinski definition) is 3. The van der Waals surface area contributed by atoms with Crippen molar-refractivity contribution >= 4 is 11.9 Å². The molecule has 0 aromatic rings. The maximum absolute atomic E-state index is 12.4. The van der Waals surface area contributed by atoms with Crippen LogP contribution in [0, 0.1) is 0 Å². The van der Waals surface area contributed by atoms with Crippen molar-refractivity contribution in [3.8, 4) is 0 Å². The third kappa shape index (κ3) is 45.7. The number of aliphatic hydroxyl groups excluding tert-OH is 2. The van der Waals surface area contributed by atoms with Crippen molar-refractivity contribution in [3.05, 3.63) is 24.3 Å². The standard InChI is InChI=1S/C53H101NO5/c1-3-5-7-9-11-13-15-17-18-19-20-23-27-31-35-39-43-47-53(58)59-48-44-40-36-32-28-24-21-22-26-30-34-38-42-46-52(57)54-50(49-55)51(56)45-41-37-33-29-25-16-14-12-10-8-6-4-2/h22,26,34,38,50-51,55-56H,3-21,23-25,27-33,35-37,39-49H2,1-2H3,(H,54,57)/b26-22-,38-34-. The lowest BCUT2D eigenvalue weighted by Crippen LogP contribution is -2.45. The molecule has 0 aliphatic rings. The number of carbonyl (C=O) groups is 2. The molecule has 2 atom stereocenters. The Kier molecular flexibility index (Phi) is 47.6. The molecule has 0 radical (unpaired) electrons. The van der Waals surface area contributed by atoms with Crippen molar-refractivity contribution in [2.45, 2.75) is 289 Å². The van der Waals surface area contributed by atoms with Crippen LogP contribution in [0.15, 0.2) is 24.3 Å². The van der Waals surface area contributed by atoms with E-state index in [4.69, 9.17) is 4.74 Å². The van der Waals surface area contributed by atoms with E-state index >= 15 is 0 Å². The molecule has 1 amide bonds. The first-order valence-corrected chi connectivity index (χ1v) is 26.1. The predicted molar refractivity (Wildman–Crippen MR) is 255 cm³/mol. The van der Waals surface area contributed by atoms with Crippen molar-refractivity contribution < 1.29 is 24.5 Å². The van der Waals surface area contributed by atoms with Crippen LogP contribution in [0.3, 0.4) is 0 Å². The number of carbonyl (C=O) groups excluding carboxylic acids is 2. The van der Waals surface area contributed by atoms with E-state index in [1.165, 1.54) is 186 Å². The summed E-state index contributed by atoms with van der Waals surface area (Å²) in [5, 5.41) is 23.1. The van der Waals surface area contributed by atoms with Crippen molar-refractivity contribution in [2.24, 2.45) is 0 Å². The topological polar surface area (TPSA) is 95.9 Å². The third-order valence-electron chi connectivity index (χ3n) is 12.0. The number of rotatable bonds is 48. The van der Waals surface area contributed by atoms with Crippen molar-refractivity contribution in [1.82, 2.24) is 5.32 Å². The molecule has 0 aliphatic heterocycles. The fraction of sp³-hybridized carbons (Fsp3) is 0.887. The van der Waals surface area contributed by atoms with Gasteiger partial charge in [-0.3, -0.25) is 9.59 Å². The summed E-state index contributed by atoms with van der Waals surface area (Å²) in [5.74, 6) is -0.129. The molecule has 6 heteroatoms. The molecule has 0 fully saturated rings. The van der Waals surface area contributed by atoms with Gasteiger partial charge in [-0.2, -0.15) is 0 Å². The van der Waals surface area contributed by atoms with Crippen LogP contribution in [0.2, 0.25) is 0 Å². The molecule has 0 heterocycles. The molecular weight excluding hydrogens is 731 g/mol. The average molecular weight is 832 g/mol. The van der Waals surface area contributed by atoms with E-state index in [0.717, 1.165) is 51.4 Å². The van der Waals surface area contributed by atoms with Crippen LogP contribution in [0.5, 0.6) is 0 Å². The molecule has 0 saturated heterocycles. The summed E-state index contributed by atoms with van der Waals surface area (Å²) >= 11 is 0. The van der Waals surface area contributed by atoms with Crippen LogP contribution in [0.25, 0.3) is 0 Å². The normalized spacial score (nSPS) is 12.8. The third-order valence-corrected chi connectivity index (χ3v) is 12.0. The molecule has 6 nitrogen and oxygen atoms in total. The number of unbranched alkanes of at least 4 members (excludes halogenated alkanes) is 33. The number of aliphatic hydroxyl groups is 2. The van der Waals surface area contributed by atoms with Gasteiger partial charge >= 0.3 is 5.97 Å². The van der Waals surface area contributed by atoms with Gasteiger partial charge < -0.3 is 20.3 Å². The molecule has 3 N–H and O–H groups in total. The fourth-order valence-corrected chi connectivity index (χ4v) is 7.98. The van der Waals surface area contributed by atoms with E-state index in [9.17, 15) is 19.8 Å². The first-order valence-electron chi connectivity index (χ1n) is 26.1. The Bertz CT molecular complexity index is 920. The van der Waals surface area contributed by atoms with Crippen molar-refractivity contribution in [3.63, 3.8) is 0 Å². The number of hydrogen-bond acceptors (Lipinski definition) is 5. The fourth-order valence-electron chi connectivity index (χ4n) is 7.98. The van der Waals surface area contributed by atoms with Crippen molar-refractivity contribution in [1.29, 1.82) is 0 Å². The van der Waals surface area contributed by atoms with Crippen LogP contribution in [0.4, 0.5) is 0 Å². The summed E-state index contributed by atoms with van der Waals surface area (Å²) in [6, 6.07) is -0.583. The van der Waals surface area contributed by atoms with Gasteiger partial charge in [0.1, 0.15) is 0 Å². The van der Waals surface area contributed by atoms with Crippen LogP contribution >= 0.6 is 0 Å². The highest BCUT2D eigenvalue weighted by molar-refractivity contribution is 5.76. The molecule has 0 aliphatic carbocycles. The van der Waals surface area contributed by atoms with E-state index in [1.807, 2.05) is 6.08 Å². The molecule has 0 bridgehead atoms. The van der Waals surface area contributed by atoms with Crippen molar-refractivity contribution in [2.75, 3.05) is 13.2 Å². The monoisotopic (exact) mass is 832 g/mol. The van der Waals surface area contributed by atoms with Gasteiger partial charge in [0.15, 0.2) is 0 Å². The maximum Gasteiger partial charge on any atom is 0.305 e. The number of nitrogens with one attached hydrogen (secondary N) is 1. The predicted octanol–water partition coefficient (Wildman–Crippen LogP) is 15.5. The highest BCUT2D eigenvalue weighted by Crippen LogP contribution is 2.16. The van der Waals surface area contributed by atoms with Gasteiger partial charge in [-0.1, -0.05) is 244 Å². The van der Waals surface area contributed by atoms with Gasteiger partial charge in [-0.05, 0) is 44.9 Å². The van der Waals surface area contributed by atoms with E-state index < -0.39 is 12.1 Å². The van der Waals surface area contributed by atoms with Crippen LogP contribution in [-0.2, 0) is 14.3 Å². The Labute approximate surface area is 367 Å². The molecule has 59 heavy (non-hydrogen) atoms. The Hall–Kier alpha value is -1.66. The smallest absolute Gasteiger partial charge is 0.305 e. The number of ether oxygens (including phenoxy) is 1. The van der Waals surface area contributed by atoms with Crippen LogP contribution < -0.4 is 5.32 Å². The molecule has 0 aromatic carbocycles. The molecule has 0 aromatic heterocycles. The molecular formula is C53H101NO5. The Balaban J connectivity index is 3.51. The molecule has 348 valence electrons. The maximum atomic E-state index is 12.4. The largest absolute Gasteiger partial charge is 0.466 e. The highest BCUT2D eigenvalue weighted by Gasteiger charge is 2.19. The second-order valence-electron chi connectivity index (χ2n) is 17.9. The van der Waals surface area contributed by atoms with Gasteiger partial charge in [-0.15, -0.1) is 0 Å². The SMILES string of the molecule is CCCCCCCCCCCCCCCCCCCC(=O)OCCCCCCCC/C=C\C/C=C\CCC(=O)NC(CO)C(O)CCCCCCCCCCCCCC. The van der Waals surface area contributed by atoms with Gasteiger partial charge in [0, 0.05) is 12.8 Å². The quantitative estimate of drug-likeness (QED) is 0.0322. The minimum atomic E-state index is -0.697. The summed E-state index contributed by atoms with van der Waals surface area (Å²) in [7, 11) is 0. The van der Waals surface area contributed by atoms with E-state index in [-0.39, 0.29) is 18.5 Å². The van der Waals surface area contributed by atoms with Gasteiger partial charge in [0.25, 0.3) is 0 Å². The molecule has 0 saturated carbocycles.